The highest BCUT2D eigenvalue weighted by molar-refractivity contribution is 5.78. The van der Waals surface area contributed by atoms with Crippen LogP contribution in [0.2, 0.25) is 0 Å². The maximum Gasteiger partial charge on any atom is 0.0588 e. The fourth-order valence-corrected chi connectivity index (χ4v) is 2.99. The molecule has 1 N–H and O–H groups in total. The molecule has 2 aromatic carbocycles. The number of hydrogen-bond acceptors (Lipinski definition) is 2. The molecule has 2 nitrogen and oxygen atoms in total. The second kappa shape index (κ2) is 6.21. The molecule has 0 radical (unpaired) electrons. The van der Waals surface area contributed by atoms with Gasteiger partial charge in [0.25, 0.3) is 0 Å². The van der Waals surface area contributed by atoms with E-state index in [4.69, 9.17) is 4.74 Å². The van der Waals surface area contributed by atoms with E-state index < -0.39 is 0 Å². The van der Waals surface area contributed by atoms with Gasteiger partial charge in [0.2, 0.25) is 0 Å². The topological polar surface area (TPSA) is 21.3 Å². The molecule has 2 aromatic rings. The molecule has 0 atom stereocenters. The Bertz CT molecular complexity index is 534. The van der Waals surface area contributed by atoms with E-state index in [2.05, 4.69) is 53.8 Å². The lowest BCUT2D eigenvalue weighted by atomic mass is 10.1. The SMILES string of the molecule is COCCCCNC1c2ccccc2-c2ccccc21. The molecule has 0 saturated carbocycles. The summed E-state index contributed by atoms with van der Waals surface area (Å²) in [7, 11) is 1.76. The monoisotopic (exact) mass is 267 g/mol. The summed E-state index contributed by atoms with van der Waals surface area (Å²) in [5, 5.41) is 3.70. The molecule has 0 amide bonds. The Labute approximate surface area is 120 Å². The molecule has 0 aromatic heterocycles. The first-order chi connectivity index (χ1) is 9.92. The van der Waals surface area contributed by atoms with E-state index in [0.717, 1.165) is 26.0 Å². The van der Waals surface area contributed by atoms with Gasteiger partial charge in [-0.1, -0.05) is 48.5 Å². The van der Waals surface area contributed by atoms with Crippen LogP contribution in [0.15, 0.2) is 48.5 Å². The van der Waals surface area contributed by atoms with Crippen LogP contribution in [0, 0.1) is 0 Å². The maximum atomic E-state index is 5.10. The van der Waals surface area contributed by atoms with Gasteiger partial charge in [-0.05, 0) is 41.6 Å². The molecule has 0 aliphatic heterocycles. The van der Waals surface area contributed by atoms with Gasteiger partial charge in [0.05, 0.1) is 6.04 Å². The molecule has 2 heteroatoms. The van der Waals surface area contributed by atoms with Gasteiger partial charge in [-0.2, -0.15) is 0 Å². The zero-order valence-electron chi connectivity index (χ0n) is 11.9. The minimum Gasteiger partial charge on any atom is -0.385 e. The predicted molar refractivity (Wildman–Crippen MR) is 82.8 cm³/mol. The van der Waals surface area contributed by atoms with Crippen molar-refractivity contribution in [3.8, 4) is 11.1 Å². The van der Waals surface area contributed by atoms with Gasteiger partial charge >= 0.3 is 0 Å². The van der Waals surface area contributed by atoms with Crippen molar-refractivity contribution in [2.24, 2.45) is 0 Å². The minimum atomic E-state index is 0.338. The molecule has 0 fully saturated rings. The summed E-state index contributed by atoms with van der Waals surface area (Å²) in [6, 6.07) is 17.8. The van der Waals surface area contributed by atoms with E-state index in [9.17, 15) is 0 Å². The van der Waals surface area contributed by atoms with E-state index in [0.29, 0.717) is 6.04 Å². The Morgan fingerprint density at radius 2 is 1.50 bits per heavy atom. The smallest absolute Gasteiger partial charge is 0.0588 e. The van der Waals surface area contributed by atoms with Crippen molar-refractivity contribution in [1.82, 2.24) is 5.32 Å². The fourth-order valence-electron chi connectivity index (χ4n) is 2.99. The minimum absolute atomic E-state index is 0.338. The molecule has 0 spiro atoms. The fraction of sp³-hybridized carbons (Fsp3) is 0.333. The summed E-state index contributed by atoms with van der Waals surface area (Å²) >= 11 is 0. The van der Waals surface area contributed by atoms with Crippen LogP contribution in [-0.4, -0.2) is 20.3 Å². The number of fused-ring (bicyclic) bond motifs is 3. The van der Waals surface area contributed by atoms with Crippen molar-refractivity contribution in [3.05, 3.63) is 59.7 Å². The van der Waals surface area contributed by atoms with Gasteiger partial charge in [-0.15, -0.1) is 0 Å². The first-order valence-electron chi connectivity index (χ1n) is 7.32. The van der Waals surface area contributed by atoms with Crippen LogP contribution in [0.1, 0.15) is 30.0 Å². The molecule has 0 unspecified atom stereocenters. The zero-order valence-corrected chi connectivity index (χ0v) is 11.9. The summed E-state index contributed by atoms with van der Waals surface area (Å²) in [6.45, 7) is 1.87. The van der Waals surface area contributed by atoms with E-state index >= 15 is 0 Å². The van der Waals surface area contributed by atoms with Gasteiger partial charge < -0.3 is 10.1 Å². The van der Waals surface area contributed by atoms with Gasteiger partial charge in [-0.25, -0.2) is 0 Å². The van der Waals surface area contributed by atoms with E-state index in [1.165, 1.54) is 22.3 Å². The standard InChI is InChI=1S/C18H21NO/c1-20-13-7-6-12-19-18-16-10-4-2-8-14(16)15-9-3-5-11-17(15)18/h2-5,8-11,18-19H,6-7,12-13H2,1H3. The second-order valence-corrected chi connectivity index (χ2v) is 5.26. The van der Waals surface area contributed by atoms with Crippen LogP contribution in [0.4, 0.5) is 0 Å². The van der Waals surface area contributed by atoms with Crippen molar-refractivity contribution >= 4 is 0 Å². The molecule has 0 saturated heterocycles. The zero-order chi connectivity index (χ0) is 13.8. The Hall–Kier alpha value is -1.64. The van der Waals surface area contributed by atoms with Crippen LogP contribution in [-0.2, 0) is 4.74 Å². The van der Waals surface area contributed by atoms with Crippen molar-refractivity contribution in [2.45, 2.75) is 18.9 Å². The number of methoxy groups -OCH3 is 1. The summed E-state index contributed by atoms with van der Waals surface area (Å²) < 4.78 is 5.10. The molecule has 1 aliphatic rings. The third kappa shape index (κ3) is 2.49. The van der Waals surface area contributed by atoms with Crippen LogP contribution in [0.3, 0.4) is 0 Å². The van der Waals surface area contributed by atoms with Crippen molar-refractivity contribution < 1.29 is 4.74 Å². The average Bonchev–Trinajstić information content (AvgIpc) is 2.82. The molecule has 1 aliphatic carbocycles. The second-order valence-electron chi connectivity index (χ2n) is 5.26. The highest BCUT2D eigenvalue weighted by atomic mass is 16.5. The molecule has 0 heterocycles. The number of ether oxygens (including phenoxy) is 1. The normalized spacial score (nSPS) is 13.2. The lowest BCUT2D eigenvalue weighted by molar-refractivity contribution is 0.192. The molecular formula is C18H21NO. The molecule has 0 bridgehead atoms. The average molecular weight is 267 g/mol. The molecule has 3 rings (SSSR count). The van der Waals surface area contributed by atoms with E-state index in [1.807, 2.05) is 0 Å². The number of nitrogens with one attached hydrogen (secondary N) is 1. The van der Waals surface area contributed by atoms with Gasteiger partial charge in [0, 0.05) is 13.7 Å². The van der Waals surface area contributed by atoms with Gasteiger partial charge in [-0.3, -0.25) is 0 Å². The predicted octanol–water partition coefficient (Wildman–Crippen LogP) is 3.77. The van der Waals surface area contributed by atoms with E-state index in [-0.39, 0.29) is 0 Å². The molecular weight excluding hydrogens is 246 g/mol. The van der Waals surface area contributed by atoms with Crippen molar-refractivity contribution in [2.75, 3.05) is 20.3 Å². The largest absolute Gasteiger partial charge is 0.385 e. The van der Waals surface area contributed by atoms with Crippen molar-refractivity contribution in [3.63, 3.8) is 0 Å². The highest BCUT2D eigenvalue weighted by Crippen LogP contribution is 2.42. The Kier molecular flexibility index (Phi) is 4.14. The third-order valence-electron chi connectivity index (χ3n) is 3.96. The number of hydrogen-bond donors (Lipinski definition) is 1. The Morgan fingerprint density at radius 1 is 0.900 bits per heavy atom. The van der Waals surface area contributed by atoms with Crippen LogP contribution in [0.25, 0.3) is 11.1 Å². The lowest BCUT2D eigenvalue weighted by Gasteiger charge is -2.15. The Balaban J connectivity index is 1.77. The first-order valence-corrected chi connectivity index (χ1v) is 7.32. The van der Waals surface area contributed by atoms with Gasteiger partial charge in [0.1, 0.15) is 0 Å². The number of rotatable bonds is 6. The summed E-state index contributed by atoms with van der Waals surface area (Å²) in [5.41, 5.74) is 5.55. The molecule has 20 heavy (non-hydrogen) atoms. The summed E-state index contributed by atoms with van der Waals surface area (Å²) in [6.07, 6.45) is 2.26. The van der Waals surface area contributed by atoms with Crippen LogP contribution < -0.4 is 5.32 Å². The van der Waals surface area contributed by atoms with E-state index in [1.54, 1.807) is 7.11 Å². The van der Waals surface area contributed by atoms with Crippen LogP contribution >= 0.6 is 0 Å². The Morgan fingerprint density at radius 3 is 2.10 bits per heavy atom. The first kappa shape index (κ1) is 13.3. The third-order valence-corrected chi connectivity index (χ3v) is 3.96. The maximum absolute atomic E-state index is 5.10. The van der Waals surface area contributed by atoms with Crippen LogP contribution in [0.5, 0.6) is 0 Å². The highest BCUT2D eigenvalue weighted by Gasteiger charge is 2.26. The number of benzene rings is 2. The number of unbranched alkanes of at least 4 members (excludes halogenated alkanes) is 1. The quantitative estimate of drug-likeness (QED) is 0.804. The summed E-state index contributed by atoms with van der Waals surface area (Å²) in [5.74, 6) is 0. The van der Waals surface area contributed by atoms with Crippen molar-refractivity contribution in [1.29, 1.82) is 0 Å². The lowest BCUT2D eigenvalue weighted by Crippen LogP contribution is -2.22. The summed E-state index contributed by atoms with van der Waals surface area (Å²) in [4.78, 5) is 0. The van der Waals surface area contributed by atoms with Gasteiger partial charge in [0.15, 0.2) is 0 Å². The molecule has 104 valence electrons.